The molecular weight excluding hydrogens is 474 g/mol. The van der Waals surface area contributed by atoms with Crippen molar-refractivity contribution in [3.8, 4) is 23.5 Å². The minimum Gasteiger partial charge on any atom is -0.439 e. The number of aromatic nitrogens is 2. The Morgan fingerprint density at radius 2 is 1.95 bits per heavy atom. The third-order valence-corrected chi connectivity index (χ3v) is 8.58. The van der Waals surface area contributed by atoms with Gasteiger partial charge in [0.1, 0.15) is 11.4 Å². The van der Waals surface area contributed by atoms with E-state index < -0.39 is 5.60 Å². The minimum absolute atomic E-state index is 0.0203. The Kier molecular flexibility index (Phi) is 6.82. The molecule has 1 aromatic heterocycles. The van der Waals surface area contributed by atoms with Crippen molar-refractivity contribution in [3.05, 3.63) is 77.5 Å². The standard InChI is InChI=1S/C32H35N3O3/c1-2-13-31(36)14-15-32(22-24-6-4-3-5-7-24)26(23-31)9-8-25-21-27(10-11-28(25)32)38-29-12-16-33-30(34-29)35-17-19-37-20-18-35/h3-7,10-12,16,21,26,36H,8-9,14-15,17-20,22-23H2,1H3/t26-,31-,32+/m1/s1. The van der Waals surface area contributed by atoms with Crippen LogP contribution in [-0.4, -0.2) is 47.0 Å². The number of aryl methyl sites for hydroxylation is 1. The van der Waals surface area contributed by atoms with Crippen molar-refractivity contribution in [1.82, 2.24) is 9.97 Å². The molecule has 0 bridgehead atoms. The van der Waals surface area contributed by atoms with Crippen LogP contribution in [0.1, 0.15) is 49.3 Å². The monoisotopic (exact) mass is 509 g/mol. The van der Waals surface area contributed by atoms with Crippen LogP contribution in [0.3, 0.4) is 0 Å². The summed E-state index contributed by atoms with van der Waals surface area (Å²) in [4.78, 5) is 11.2. The molecule has 1 N–H and O–H groups in total. The maximum absolute atomic E-state index is 11.2. The van der Waals surface area contributed by atoms with E-state index in [2.05, 4.69) is 75.2 Å². The molecule has 1 saturated heterocycles. The lowest BCUT2D eigenvalue weighted by Gasteiger charge is -2.52. The van der Waals surface area contributed by atoms with Gasteiger partial charge in [0.15, 0.2) is 0 Å². The number of morpholine rings is 1. The Morgan fingerprint density at radius 1 is 1.11 bits per heavy atom. The van der Waals surface area contributed by atoms with Crippen LogP contribution < -0.4 is 9.64 Å². The van der Waals surface area contributed by atoms with Gasteiger partial charge in [-0.05, 0) is 80.2 Å². The molecule has 38 heavy (non-hydrogen) atoms. The molecule has 2 aliphatic carbocycles. The Bertz CT molecular complexity index is 1340. The zero-order valence-corrected chi connectivity index (χ0v) is 22.0. The molecule has 0 unspecified atom stereocenters. The summed E-state index contributed by atoms with van der Waals surface area (Å²) in [7, 11) is 0. The van der Waals surface area contributed by atoms with E-state index in [4.69, 9.17) is 9.47 Å². The summed E-state index contributed by atoms with van der Waals surface area (Å²) >= 11 is 0. The molecular formula is C32H35N3O3. The van der Waals surface area contributed by atoms with Gasteiger partial charge in [-0.1, -0.05) is 42.3 Å². The average Bonchev–Trinajstić information content (AvgIpc) is 2.95. The molecule has 0 amide bonds. The van der Waals surface area contributed by atoms with Crippen LogP contribution in [0, 0.1) is 17.8 Å². The minimum atomic E-state index is -0.884. The van der Waals surface area contributed by atoms with Gasteiger partial charge >= 0.3 is 0 Å². The van der Waals surface area contributed by atoms with Gasteiger partial charge in [-0.25, -0.2) is 4.98 Å². The number of nitrogens with zero attached hydrogens (tertiary/aromatic N) is 3. The molecule has 2 aromatic carbocycles. The molecule has 0 spiro atoms. The van der Waals surface area contributed by atoms with E-state index in [1.54, 1.807) is 6.20 Å². The lowest BCUT2D eigenvalue weighted by Crippen LogP contribution is -2.50. The SMILES string of the molecule is CC#C[C@@]1(O)CC[C@@]2(Cc3ccccc3)c3ccc(Oc4ccnc(N5CCOCC5)n4)cc3CC[C@@H]2C1. The van der Waals surface area contributed by atoms with Crippen LogP contribution >= 0.6 is 0 Å². The number of anilines is 1. The van der Waals surface area contributed by atoms with Gasteiger partial charge in [-0.2, -0.15) is 4.98 Å². The van der Waals surface area contributed by atoms with Gasteiger partial charge < -0.3 is 19.5 Å². The van der Waals surface area contributed by atoms with E-state index >= 15 is 0 Å². The topological polar surface area (TPSA) is 67.7 Å². The summed E-state index contributed by atoms with van der Waals surface area (Å²) in [6.07, 6.45) is 7.06. The maximum Gasteiger partial charge on any atom is 0.228 e. The zero-order chi connectivity index (χ0) is 26.0. The molecule has 6 heteroatoms. The predicted molar refractivity (Wildman–Crippen MR) is 147 cm³/mol. The Balaban J connectivity index is 1.30. The van der Waals surface area contributed by atoms with Crippen molar-refractivity contribution in [1.29, 1.82) is 0 Å². The van der Waals surface area contributed by atoms with Crippen LogP contribution in [0.5, 0.6) is 11.6 Å². The van der Waals surface area contributed by atoms with E-state index in [-0.39, 0.29) is 5.41 Å². The van der Waals surface area contributed by atoms with Crippen LogP contribution in [0.15, 0.2) is 60.8 Å². The first-order valence-corrected chi connectivity index (χ1v) is 13.7. The van der Waals surface area contributed by atoms with Gasteiger partial charge in [0.2, 0.25) is 11.8 Å². The van der Waals surface area contributed by atoms with Crippen molar-refractivity contribution < 1.29 is 14.6 Å². The predicted octanol–water partition coefficient (Wildman–Crippen LogP) is 5.09. The fraction of sp³-hybridized carbons (Fsp3) is 0.438. The van der Waals surface area contributed by atoms with E-state index in [1.165, 1.54) is 16.7 Å². The molecule has 1 saturated carbocycles. The van der Waals surface area contributed by atoms with Crippen LogP contribution in [-0.2, 0) is 23.0 Å². The Morgan fingerprint density at radius 3 is 2.76 bits per heavy atom. The highest BCUT2D eigenvalue weighted by molar-refractivity contribution is 5.46. The lowest BCUT2D eigenvalue weighted by molar-refractivity contribution is -0.00804. The summed E-state index contributed by atoms with van der Waals surface area (Å²) in [5.41, 5.74) is 3.17. The fourth-order valence-electron chi connectivity index (χ4n) is 6.79. The zero-order valence-electron chi connectivity index (χ0n) is 22.0. The molecule has 2 heterocycles. The molecule has 6 nitrogen and oxygen atoms in total. The Hall–Kier alpha value is -3.40. The molecule has 6 rings (SSSR count). The lowest BCUT2D eigenvalue weighted by atomic mass is 9.52. The van der Waals surface area contributed by atoms with Crippen molar-refractivity contribution in [3.63, 3.8) is 0 Å². The third kappa shape index (κ3) is 4.89. The second kappa shape index (κ2) is 10.4. The second-order valence-corrected chi connectivity index (χ2v) is 10.9. The molecule has 3 aromatic rings. The highest BCUT2D eigenvalue weighted by atomic mass is 16.5. The number of rotatable bonds is 5. The number of ether oxygens (including phenoxy) is 2. The van der Waals surface area contributed by atoms with Gasteiger partial charge in [0.05, 0.1) is 13.2 Å². The molecule has 0 radical (unpaired) electrons. The van der Waals surface area contributed by atoms with Gasteiger partial charge in [0, 0.05) is 30.8 Å². The van der Waals surface area contributed by atoms with E-state index in [0.717, 1.165) is 50.9 Å². The van der Waals surface area contributed by atoms with E-state index in [0.29, 0.717) is 37.4 Å². The van der Waals surface area contributed by atoms with Gasteiger partial charge in [0.25, 0.3) is 0 Å². The van der Waals surface area contributed by atoms with Crippen molar-refractivity contribution >= 4 is 5.95 Å². The van der Waals surface area contributed by atoms with Crippen LogP contribution in [0.4, 0.5) is 5.95 Å². The van der Waals surface area contributed by atoms with Crippen molar-refractivity contribution in [2.75, 3.05) is 31.2 Å². The van der Waals surface area contributed by atoms with Gasteiger partial charge in [-0.3, -0.25) is 0 Å². The van der Waals surface area contributed by atoms with Crippen molar-refractivity contribution in [2.45, 2.75) is 56.5 Å². The number of benzene rings is 2. The van der Waals surface area contributed by atoms with Crippen molar-refractivity contribution in [2.24, 2.45) is 5.92 Å². The molecule has 3 aliphatic rings. The summed E-state index contributed by atoms with van der Waals surface area (Å²) < 4.78 is 11.7. The first-order valence-electron chi connectivity index (χ1n) is 13.7. The number of aliphatic hydroxyl groups is 1. The summed E-state index contributed by atoms with van der Waals surface area (Å²) in [6, 6.07) is 19.1. The molecule has 2 fully saturated rings. The first kappa shape index (κ1) is 24.9. The van der Waals surface area contributed by atoms with Crippen LogP contribution in [0.25, 0.3) is 0 Å². The molecule has 1 aliphatic heterocycles. The molecule has 3 atom stereocenters. The summed E-state index contributed by atoms with van der Waals surface area (Å²) in [5.74, 6) is 8.50. The Labute approximate surface area is 225 Å². The average molecular weight is 510 g/mol. The largest absolute Gasteiger partial charge is 0.439 e. The van der Waals surface area contributed by atoms with E-state index in [9.17, 15) is 5.11 Å². The highest BCUT2D eigenvalue weighted by Crippen LogP contribution is 2.54. The van der Waals surface area contributed by atoms with E-state index in [1.807, 2.05) is 13.0 Å². The normalized spacial score (nSPS) is 26.5. The third-order valence-electron chi connectivity index (χ3n) is 8.58. The first-order chi connectivity index (χ1) is 18.6. The maximum atomic E-state index is 11.2. The second-order valence-electron chi connectivity index (χ2n) is 10.9. The summed E-state index contributed by atoms with van der Waals surface area (Å²) in [6.45, 7) is 4.77. The summed E-state index contributed by atoms with van der Waals surface area (Å²) in [5, 5.41) is 11.2. The molecule has 196 valence electrons. The smallest absolute Gasteiger partial charge is 0.228 e. The number of hydrogen-bond acceptors (Lipinski definition) is 6. The quantitative estimate of drug-likeness (QED) is 0.484. The number of hydrogen-bond donors (Lipinski definition) is 1. The van der Waals surface area contributed by atoms with Crippen LogP contribution in [0.2, 0.25) is 0 Å². The highest BCUT2D eigenvalue weighted by Gasteiger charge is 2.51. The number of fused-ring (bicyclic) bond motifs is 3. The van der Waals surface area contributed by atoms with Gasteiger partial charge in [-0.15, -0.1) is 5.92 Å². The fourth-order valence-corrected chi connectivity index (χ4v) is 6.79.